The standard InChI is InChI=1S/C21H21Cl2FN4O.ClH/c1-13(20-18(22)2-3-19(24)21(20)23)29-17-8-14(9-26-11-17)15-10-27-28(12-15)16-4-6-25-7-5-16;/h2-3,8-13,16,25H,4-7H2,1H3;1H/t13-;/m1./s1. The van der Waals surface area contributed by atoms with E-state index in [9.17, 15) is 4.39 Å². The fraction of sp³-hybridized carbons (Fsp3) is 0.333. The third-order valence-electron chi connectivity index (χ3n) is 5.13. The van der Waals surface area contributed by atoms with Crippen molar-refractivity contribution >= 4 is 35.6 Å². The highest BCUT2D eigenvalue weighted by atomic mass is 35.5. The molecule has 30 heavy (non-hydrogen) atoms. The highest BCUT2D eigenvalue weighted by molar-refractivity contribution is 6.36. The number of nitrogens with zero attached hydrogens (tertiary/aromatic N) is 3. The summed E-state index contributed by atoms with van der Waals surface area (Å²) < 4.78 is 21.8. The van der Waals surface area contributed by atoms with Crippen LogP contribution in [0.1, 0.15) is 37.5 Å². The maximum atomic E-state index is 13.8. The Morgan fingerprint density at radius 3 is 2.70 bits per heavy atom. The topological polar surface area (TPSA) is 52.0 Å². The van der Waals surface area contributed by atoms with E-state index >= 15 is 0 Å². The van der Waals surface area contributed by atoms with Crippen molar-refractivity contribution in [1.82, 2.24) is 20.1 Å². The molecule has 1 aromatic carbocycles. The fourth-order valence-electron chi connectivity index (χ4n) is 3.58. The molecule has 3 heterocycles. The number of benzene rings is 1. The zero-order valence-corrected chi connectivity index (χ0v) is 18.6. The zero-order chi connectivity index (χ0) is 20.4. The van der Waals surface area contributed by atoms with Crippen LogP contribution in [0.2, 0.25) is 10.0 Å². The molecule has 0 bridgehead atoms. The monoisotopic (exact) mass is 470 g/mol. The highest BCUT2D eigenvalue weighted by Gasteiger charge is 2.19. The smallest absolute Gasteiger partial charge is 0.142 e. The summed E-state index contributed by atoms with van der Waals surface area (Å²) in [6.45, 7) is 3.79. The summed E-state index contributed by atoms with van der Waals surface area (Å²) in [5.74, 6) is 0.0136. The summed E-state index contributed by atoms with van der Waals surface area (Å²) >= 11 is 12.3. The minimum Gasteiger partial charge on any atom is -0.484 e. The SMILES string of the molecule is C[C@@H](Oc1cncc(-c2cnn(C3CCNCC3)c2)c1)c1c(Cl)ccc(F)c1Cl.Cl. The van der Waals surface area contributed by atoms with Gasteiger partial charge >= 0.3 is 0 Å². The first-order valence-electron chi connectivity index (χ1n) is 9.53. The lowest BCUT2D eigenvalue weighted by atomic mass is 10.1. The number of halogens is 4. The largest absolute Gasteiger partial charge is 0.484 e. The average molecular weight is 472 g/mol. The van der Waals surface area contributed by atoms with Gasteiger partial charge in [-0.2, -0.15) is 5.10 Å². The van der Waals surface area contributed by atoms with E-state index in [1.54, 1.807) is 19.3 Å². The molecule has 1 aliphatic rings. The number of pyridine rings is 1. The Kier molecular flexibility index (Phi) is 7.58. The Hall–Kier alpha value is -1.86. The van der Waals surface area contributed by atoms with E-state index in [1.807, 2.05) is 23.1 Å². The van der Waals surface area contributed by atoms with Gasteiger partial charge in [0.2, 0.25) is 0 Å². The van der Waals surface area contributed by atoms with E-state index in [1.165, 1.54) is 12.1 Å². The molecule has 0 saturated carbocycles. The first-order chi connectivity index (χ1) is 14.0. The van der Waals surface area contributed by atoms with Crippen molar-refractivity contribution < 1.29 is 9.13 Å². The molecule has 0 spiro atoms. The molecule has 160 valence electrons. The quantitative estimate of drug-likeness (QED) is 0.472. The highest BCUT2D eigenvalue weighted by Crippen LogP contribution is 2.35. The molecule has 1 N–H and O–H groups in total. The van der Waals surface area contributed by atoms with Crippen LogP contribution in [-0.4, -0.2) is 27.9 Å². The number of aromatic nitrogens is 3. The first kappa shape index (κ1) is 22.8. The molecule has 0 unspecified atom stereocenters. The molecule has 4 rings (SSSR count). The number of hydrogen-bond donors (Lipinski definition) is 1. The van der Waals surface area contributed by atoms with E-state index in [0.29, 0.717) is 22.4 Å². The summed E-state index contributed by atoms with van der Waals surface area (Å²) in [4.78, 5) is 4.28. The van der Waals surface area contributed by atoms with E-state index in [4.69, 9.17) is 27.9 Å². The van der Waals surface area contributed by atoms with Gasteiger partial charge in [-0.3, -0.25) is 9.67 Å². The molecule has 1 fully saturated rings. The van der Waals surface area contributed by atoms with Gasteiger partial charge in [-0.05, 0) is 51.1 Å². The van der Waals surface area contributed by atoms with Crippen molar-refractivity contribution in [2.75, 3.05) is 13.1 Å². The molecular weight excluding hydrogens is 450 g/mol. The molecule has 1 aliphatic heterocycles. The van der Waals surface area contributed by atoms with Crippen LogP contribution in [0.4, 0.5) is 4.39 Å². The molecule has 5 nitrogen and oxygen atoms in total. The maximum Gasteiger partial charge on any atom is 0.142 e. The average Bonchev–Trinajstić information content (AvgIpc) is 3.22. The van der Waals surface area contributed by atoms with Gasteiger partial charge in [-0.1, -0.05) is 23.2 Å². The number of rotatable bonds is 5. The van der Waals surface area contributed by atoms with Crippen LogP contribution in [0.25, 0.3) is 11.1 Å². The number of piperidine rings is 1. The van der Waals surface area contributed by atoms with Crippen LogP contribution in [0.15, 0.2) is 43.0 Å². The first-order valence-corrected chi connectivity index (χ1v) is 10.3. The lowest BCUT2D eigenvalue weighted by Gasteiger charge is -2.22. The molecule has 2 aromatic heterocycles. The minimum absolute atomic E-state index is 0. The van der Waals surface area contributed by atoms with Crippen LogP contribution in [0.5, 0.6) is 5.75 Å². The fourth-order valence-corrected chi connectivity index (χ4v) is 4.26. The molecule has 1 saturated heterocycles. The number of nitrogens with one attached hydrogen (secondary N) is 1. The third-order valence-corrected chi connectivity index (χ3v) is 5.84. The third kappa shape index (κ3) is 4.89. The predicted molar refractivity (Wildman–Crippen MR) is 119 cm³/mol. The van der Waals surface area contributed by atoms with Gasteiger partial charge < -0.3 is 10.1 Å². The van der Waals surface area contributed by atoms with Crippen LogP contribution in [-0.2, 0) is 0 Å². The van der Waals surface area contributed by atoms with E-state index in [2.05, 4.69) is 15.4 Å². The van der Waals surface area contributed by atoms with Gasteiger partial charge in [0.15, 0.2) is 0 Å². The summed E-state index contributed by atoms with van der Waals surface area (Å²) in [6, 6.07) is 5.01. The number of hydrogen-bond acceptors (Lipinski definition) is 4. The van der Waals surface area contributed by atoms with Crippen LogP contribution < -0.4 is 10.1 Å². The molecular formula is C21H22Cl3FN4O. The second-order valence-corrected chi connectivity index (χ2v) is 7.90. The second kappa shape index (κ2) is 9.96. The van der Waals surface area contributed by atoms with E-state index < -0.39 is 11.9 Å². The Morgan fingerprint density at radius 1 is 1.17 bits per heavy atom. The van der Waals surface area contributed by atoms with Gasteiger partial charge in [0.1, 0.15) is 17.7 Å². The number of ether oxygens (including phenoxy) is 1. The molecule has 3 aromatic rings. The second-order valence-electron chi connectivity index (χ2n) is 7.12. The van der Waals surface area contributed by atoms with Crippen LogP contribution in [0, 0.1) is 5.82 Å². The van der Waals surface area contributed by atoms with Crippen LogP contribution in [0.3, 0.4) is 0 Å². The van der Waals surface area contributed by atoms with Gasteiger partial charge in [-0.15, -0.1) is 12.4 Å². The Balaban J connectivity index is 0.00000256. The minimum atomic E-state index is -0.541. The Morgan fingerprint density at radius 2 is 1.93 bits per heavy atom. The zero-order valence-electron chi connectivity index (χ0n) is 16.3. The Labute approximate surface area is 191 Å². The van der Waals surface area contributed by atoms with E-state index in [-0.39, 0.29) is 17.4 Å². The lowest BCUT2D eigenvalue weighted by molar-refractivity contribution is 0.226. The maximum absolute atomic E-state index is 13.8. The normalized spacial score (nSPS) is 15.5. The van der Waals surface area contributed by atoms with Gasteiger partial charge in [-0.25, -0.2) is 4.39 Å². The van der Waals surface area contributed by atoms with E-state index in [0.717, 1.165) is 37.1 Å². The molecule has 9 heteroatoms. The molecule has 0 aliphatic carbocycles. The van der Waals surface area contributed by atoms with Crippen molar-refractivity contribution in [2.45, 2.75) is 31.9 Å². The lowest BCUT2D eigenvalue weighted by Crippen LogP contribution is -2.29. The van der Waals surface area contributed by atoms with Crippen molar-refractivity contribution in [1.29, 1.82) is 0 Å². The van der Waals surface area contributed by atoms with Gasteiger partial charge in [0.05, 0.1) is 23.5 Å². The summed E-state index contributed by atoms with van der Waals surface area (Å²) in [5.41, 5.74) is 2.28. The van der Waals surface area contributed by atoms with Crippen molar-refractivity contribution in [2.24, 2.45) is 0 Å². The molecule has 1 atom stereocenters. The summed E-state index contributed by atoms with van der Waals surface area (Å²) in [5, 5.41) is 8.22. The predicted octanol–water partition coefficient (Wildman–Crippen LogP) is 5.88. The van der Waals surface area contributed by atoms with Crippen molar-refractivity contribution in [3.63, 3.8) is 0 Å². The summed E-state index contributed by atoms with van der Waals surface area (Å²) in [6.07, 6.45) is 8.85. The summed E-state index contributed by atoms with van der Waals surface area (Å²) in [7, 11) is 0. The van der Waals surface area contributed by atoms with Gasteiger partial charge in [0, 0.05) is 34.1 Å². The van der Waals surface area contributed by atoms with Crippen molar-refractivity contribution in [3.8, 4) is 16.9 Å². The Bertz CT molecular complexity index is 1010. The molecule has 0 amide bonds. The van der Waals surface area contributed by atoms with Crippen LogP contribution >= 0.6 is 35.6 Å². The van der Waals surface area contributed by atoms with Gasteiger partial charge in [0.25, 0.3) is 0 Å². The van der Waals surface area contributed by atoms with Crippen molar-refractivity contribution in [3.05, 3.63) is 64.4 Å². The molecule has 0 radical (unpaired) electrons.